The summed E-state index contributed by atoms with van der Waals surface area (Å²) in [5, 5.41) is 3.20. The third-order valence-corrected chi connectivity index (χ3v) is 7.08. The van der Waals surface area contributed by atoms with Crippen molar-refractivity contribution in [2.75, 3.05) is 14.2 Å². The number of hydrogen-bond donors (Lipinski definition) is 0. The molecule has 2 aliphatic heterocycles. The Bertz CT molecular complexity index is 1190. The van der Waals surface area contributed by atoms with E-state index in [9.17, 15) is 9.59 Å². The average molecular weight is 496 g/mol. The molecule has 2 heterocycles. The van der Waals surface area contributed by atoms with Crippen LogP contribution in [-0.4, -0.2) is 41.0 Å². The summed E-state index contributed by atoms with van der Waals surface area (Å²) in [6.07, 6.45) is 0.740. The van der Waals surface area contributed by atoms with Crippen LogP contribution in [0.1, 0.15) is 36.9 Å². The molecule has 8 heteroatoms. The highest BCUT2D eigenvalue weighted by Gasteiger charge is 2.42. The molecule has 0 spiro atoms. The highest BCUT2D eigenvalue weighted by Crippen LogP contribution is 2.46. The molecule has 2 aliphatic rings. The number of rotatable bonds is 7. The van der Waals surface area contributed by atoms with Crippen LogP contribution in [-0.2, 0) is 20.9 Å². The first-order chi connectivity index (χ1) is 16.4. The van der Waals surface area contributed by atoms with Gasteiger partial charge in [-0.05, 0) is 29.0 Å². The summed E-state index contributed by atoms with van der Waals surface area (Å²) in [6, 6.07) is 16.8. The topological polar surface area (TPSA) is 62.2 Å². The highest BCUT2D eigenvalue weighted by molar-refractivity contribution is 8.16. The van der Waals surface area contributed by atoms with Crippen LogP contribution in [0.3, 0.4) is 0 Å². The number of carbonyl (C=O) groups is 2. The second kappa shape index (κ2) is 10.5. The molecule has 0 aromatic heterocycles. The number of methoxy groups -OCH3 is 1. The van der Waals surface area contributed by atoms with Gasteiger partial charge in [0.15, 0.2) is 5.17 Å². The number of hydrogen-bond acceptors (Lipinski definition) is 6. The molecular formula is C26H26ClN3O3S. The Hall–Kier alpha value is -3.03. The number of aliphatic imine (C=N–C) groups is 1. The van der Waals surface area contributed by atoms with Crippen molar-refractivity contribution < 1.29 is 14.3 Å². The van der Waals surface area contributed by atoms with Crippen molar-refractivity contribution in [1.82, 2.24) is 9.80 Å². The van der Waals surface area contributed by atoms with Crippen molar-refractivity contribution in [1.29, 1.82) is 0 Å². The van der Waals surface area contributed by atoms with E-state index < -0.39 is 12.0 Å². The first-order valence-electron chi connectivity index (χ1n) is 11.0. The van der Waals surface area contributed by atoms with Crippen LogP contribution in [0.15, 0.2) is 82.0 Å². The molecule has 1 unspecified atom stereocenters. The van der Waals surface area contributed by atoms with Gasteiger partial charge in [-0.3, -0.25) is 4.79 Å². The van der Waals surface area contributed by atoms with Crippen molar-refractivity contribution in [3.8, 4) is 0 Å². The molecule has 0 saturated heterocycles. The zero-order valence-corrected chi connectivity index (χ0v) is 20.9. The molecule has 0 saturated carbocycles. The zero-order valence-electron chi connectivity index (χ0n) is 19.3. The smallest absolute Gasteiger partial charge is 0.338 e. The summed E-state index contributed by atoms with van der Waals surface area (Å²) >= 11 is 8.05. The molecule has 1 atom stereocenters. The molecule has 2 aromatic rings. The van der Waals surface area contributed by atoms with Gasteiger partial charge in [0.2, 0.25) is 5.91 Å². The standard InChI is InChI=1S/C26H26ClN3O3S/c1-4-21-23(25(32)33-3)24(19-12-8-9-13-20(19)27)30-18(16-34-26(30)28-21)14-22(31)29(2)15-17-10-6-5-7-11-17/h5-13,16,24H,4,14-15H2,1-3H3. The molecule has 1 amide bonds. The van der Waals surface area contributed by atoms with Crippen LogP contribution < -0.4 is 0 Å². The van der Waals surface area contributed by atoms with Crippen LogP contribution in [0.2, 0.25) is 5.02 Å². The minimum absolute atomic E-state index is 0.0280. The fraction of sp³-hybridized carbons (Fsp3) is 0.269. The van der Waals surface area contributed by atoms with Gasteiger partial charge in [0.05, 0.1) is 30.8 Å². The summed E-state index contributed by atoms with van der Waals surface area (Å²) in [4.78, 5) is 34.5. The van der Waals surface area contributed by atoms with E-state index in [1.54, 1.807) is 18.0 Å². The lowest BCUT2D eigenvalue weighted by atomic mass is 9.92. The quantitative estimate of drug-likeness (QED) is 0.473. The lowest BCUT2D eigenvalue weighted by molar-refractivity contribution is -0.136. The predicted octanol–water partition coefficient (Wildman–Crippen LogP) is 5.53. The SMILES string of the molecule is CCC1=C(C(=O)OC)C(c2ccccc2Cl)N2C(CC(=O)N(C)Cc3ccccc3)=CSC2=N1. The van der Waals surface area contributed by atoms with Crippen molar-refractivity contribution in [2.45, 2.75) is 32.4 Å². The number of allylic oxidation sites excluding steroid dienone is 1. The van der Waals surface area contributed by atoms with Crippen LogP contribution in [0.25, 0.3) is 0 Å². The van der Waals surface area contributed by atoms with Gasteiger partial charge in [-0.15, -0.1) is 0 Å². The van der Waals surface area contributed by atoms with Crippen LogP contribution in [0.5, 0.6) is 0 Å². The Morgan fingerprint density at radius 3 is 2.53 bits per heavy atom. The van der Waals surface area contributed by atoms with Gasteiger partial charge in [0.25, 0.3) is 0 Å². The van der Waals surface area contributed by atoms with Gasteiger partial charge >= 0.3 is 5.97 Å². The molecule has 176 valence electrons. The van der Waals surface area contributed by atoms with Crippen molar-refractivity contribution in [3.63, 3.8) is 0 Å². The normalized spacial score (nSPS) is 17.2. The van der Waals surface area contributed by atoms with Gasteiger partial charge in [-0.25, -0.2) is 9.79 Å². The number of thioether (sulfide) groups is 1. The maximum atomic E-state index is 13.2. The molecular weight excluding hydrogens is 470 g/mol. The Labute approximate surface area is 208 Å². The molecule has 34 heavy (non-hydrogen) atoms. The maximum absolute atomic E-state index is 13.2. The van der Waals surface area contributed by atoms with Gasteiger partial charge in [0, 0.05) is 24.3 Å². The molecule has 0 bridgehead atoms. The lowest BCUT2D eigenvalue weighted by Crippen LogP contribution is -2.38. The summed E-state index contributed by atoms with van der Waals surface area (Å²) in [5.41, 5.74) is 3.71. The number of amides is 1. The number of esters is 1. The molecule has 0 aliphatic carbocycles. The summed E-state index contributed by atoms with van der Waals surface area (Å²) in [6.45, 7) is 2.47. The molecule has 0 fully saturated rings. The maximum Gasteiger partial charge on any atom is 0.338 e. The van der Waals surface area contributed by atoms with Gasteiger partial charge in [0.1, 0.15) is 0 Å². The highest BCUT2D eigenvalue weighted by atomic mass is 35.5. The van der Waals surface area contributed by atoms with Crippen molar-refractivity contribution >= 4 is 40.4 Å². The number of carbonyl (C=O) groups excluding carboxylic acids is 2. The van der Waals surface area contributed by atoms with E-state index >= 15 is 0 Å². The van der Waals surface area contributed by atoms with Crippen molar-refractivity contribution in [2.24, 2.45) is 4.99 Å². The molecule has 0 radical (unpaired) electrons. The van der Waals surface area contributed by atoms with E-state index in [2.05, 4.69) is 0 Å². The van der Waals surface area contributed by atoms with E-state index in [1.807, 2.05) is 65.8 Å². The average Bonchev–Trinajstić information content (AvgIpc) is 3.25. The van der Waals surface area contributed by atoms with E-state index in [4.69, 9.17) is 21.3 Å². The third-order valence-electron chi connectivity index (χ3n) is 5.85. The van der Waals surface area contributed by atoms with Gasteiger partial charge in [-0.2, -0.15) is 0 Å². The van der Waals surface area contributed by atoms with Crippen LogP contribution in [0, 0.1) is 0 Å². The first kappa shape index (κ1) is 24.1. The zero-order chi connectivity index (χ0) is 24.2. The van der Waals surface area contributed by atoms with Crippen molar-refractivity contribution in [3.05, 3.63) is 93.1 Å². The molecule has 0 N–H and O–H groups in total. The second-order valence-electron chi connectivity index (χ2n) is 8.03. The second-order valence-corrected chi connectivity index (χ2v) is 9.28. The monoisotopic (exact) mass is 495 g/mol. The first-order valence-corrected chi connectivity index (χ1v) is 12.3. The number of benzene rings is 2. The van der Waals surface area contributed by atoms with E-state index in [-0.39, 0.29) is 12.3 Å². The van der Waals surface area contributed by atoms with E-state index in [1.165, 1.54) is 18.9 Å². The number of halogens is 1. The van der Waals surface area contributed by atoms with Gasteiger partial charge in [-0.1, -0.05) is 78.8 Å². The largest absolute Gasteiger partial charge is 0.466 e. The Balaban J connectivity index is 1.67. The third kappa shape index (κ3) is 4.76. The molecule has 2 aromatic carbocycles. The summed E-state index contributed by atoms with van der Waals surface area (Å²) in [7, 11) is 3.16. The van der Waals surface area contributed by atoms with E-state index in [0.717, 1.165) is 22.0 Å². The minimum atomic E-state index is -0.530. The van der Waals surface area contributed by atoms with E-state index in [0.29, 0.717) is 29.3 Å². The summed E-state index contributed by atoms with van der Waals surface area (Å²) < 4.78 is 5.15. The number of fused-ring (bicyclic) bond motifs is 1. The minimum Gasteiger partial charge on any atom is -0.466 e. The van der Waals surface area contributed by atoms with Crippen LogP contribution in [0.4, 0.5) is 0 Å². The molecule has 4 rings (SSSR count). The Morgan fingerprint density at radius 2 is 1.85 bits per heavy atom. The predicted molar refractivity (Wildman–Crippen MR) is 136 cm³/mol. The van der Waals surface area contributed by atoms with Crippen LogP contribution >= 0.6 is 23.4 Å². The molecule has 6 nitrogen and oxygen atoms in total. The number of amidine groups is 1. The number of ether oxygens (including phenoxy) is 1. The fourth-order valence-corrected chi connectivity index (χ4v) is 5.32. The lowest BCUT2D eigenvalue weighted by Gasteiger charge is -2.37. The fourth-order valence-electron chi connectivity index (χ4n) is 4.14. The Kier molecular flexibility index (Phi) is 7.44. The summed E-state index contributed by atoms with van der Waals surface area (Å²) in [5.74, 6) is -0.479. The van der Waals surface area contributed by atoms with Gasteiger partial charge < -0.3 is 14.5 Å². The Morgan fingerprint density at radius 1 is 1.15 bits per heavy atom. The number of nitrogens with zero attached hydrogens (tertiary/aromatic N) is 3.